The van der Waals surface area contributed by atoms with Crippen molar-refractivity contribution < 1.29 is 23.8 Å². The number of rotatable bonds is 5. The number of hydrogen-bond donors (Lipinski definition) is 1. The predicted molar refractivity (Wildman–Crippen MR) is 117 cm³/mol. The number of carbonyl (C=O) groups is 2. The molecule has 4 bridgehead atoms. The summed E-state index contributed by atoms with van der Waals surface area (Å²) in [7, 11) is 0. The van der Waals surface area contributed by atoms with Gasteiger partial charge in [-0.25, -0.2) is 9.18 Å². The lowest BCUT2D eigenvalue weighted by atomic mass is 9.54. The van der Waals surface area contributed by atoms with Gasteiger partial charge in [0.25, 0.3) is 5.91 Å². The van der Waals surface area contributed by atoms with Crippen LogP contribution in [0.1, 0.15) is 79.6 Å². The van der Waals surface area contributed by atoms with Crippen molar-refractivity contribution in [2.24, 2.45) is 17.8 Å². The highest BCUT2D eigenvalue weighted by atomic mass is 35.5. The van der Waals surface area contributed by atoms with Crippen LogP contribution in [0, 0.1) is 23.6 Å². The van der Waals surface area contributed by atoms with Gasteiger partial charge in [-0.1, -0.05) is 0 Å². The average Bonchev–Trinajstić information content (AvgIpc) is 3.43. The van der Waals surface area contributed by atoms with Crippen LogP contribution in [0.4, 0.5) is 4.39 Å². The molecular weight excluding hydrogens is 433 g/mol. The molecule has 2 unspecified atom stereocenters. The Morgan fingerprint density at radius 2 is 1.84 bits per heavy atom. The van der Waals surface area contributed by atoms with E-state index >= 15 is 4.39 Å². The van der Waals surface area contributed by atoms with Gasteiger partial charge in [0.05, 0.1) is 5.56 Å². The van der Waals surface area contributed by atoms with Crippen molar-refractivity contribution in [3.8, 4) is 5.75 Å². The van der Waals surface area contributed by atoms with Crippen molar-refractivity contribution >= 4 is 23.5 Å². The van der Waals surface area contributed by atoms with Crippen LogP contribution in [-0.4, -0.2) is 45.4 Å². The van der Waals surface area contributed by atoms with E-state index in [1.165, 1.54) is 11.0 Å². The van der Waals surface area contributed by atoms with E-state index in [0.29, 0.717) is 42.9 Å². The maximum atomic E-state index is 15.2. The Hall–Kier alpha value is -1.82. The van der Waals surface area contributed by atoms with Crippen LogP contribution in [-0.2, 0) is 4.79 Å². The number of aliphatic carboxylic acids is 1. The van der Waals surface area contributed by atoms with Gasteiger partial charge in [-0.05, 0) is 93.1 Å². The molecule has 1 heterocycles. The number of alkyl halides is 1. The van der Waals surface area contributed by atoms with E-state index in [1.54, 1.807) is 6.07 Å². The predicted octanol–water partition coefficient (Wildman–Crippen LogP) is 4.96. The van der Waals surface area contributed by atoms with Gasteiger partial charge in [0.15, 0.2) is 0 Å². The topological polar surface area (TPSA) is 66.8 Å². The summed E-state index contributed by atoms with van der Waals surface area (Å²) in [4.78, 5) is 25.8. The minimum absolute atomic E-state index is 0.0304. The lowest BCUT2D eigenvalue weighted by Gasteiger charge is -2.57. The molecule has 1 N–H and O–H groups in total. The summed E-state index contributed by atoms with van der Waals surface area (Å²) in [5.41, 5.74) is 0.868. The fraction of sp³-hybridized carbons (Fsp3) is 0.680. The molecule has 6 fully saturated rings. The molecule has 1 saturated heterocycles. The molecule has 1 aliphatic heterocycles. The molecule has 0 aromatic heterocycles. The SMILES string of the molecule is O=C(O)[C@@H]1CCCN1C(=O)c1cc(C2CC2)c(OC2C3CC4CC2CC(Cl)(C4)C3)cc1F. The second-order valence-electron chi connectivity index (χ2n) is 10.8. The van der Waals surface area contributed by atoms with Gasteiger partial charge < -0.3 is 14.7 Å². The zero-order chi connectivity index (χ0) is 22.2. The standard InChI is InChI=1S/C25H29ClFNO4/c26-25-10-13-6-15(11-25)22(16(7-13)12-25)32-21-9-19(27)18(8-17(21)14-3-4-14)23(29)28-5-1-2-20(28)24(30)31/h8-9,13-16,20,22H,1-7,10-12H2,(H,30,31)/t13?,15?,16?,20-,22?,25?/m0/s1. The summed E-state index contributed by atoms with van der Waals surface area (Å²) in [6.07, 6.45) is 8.42. The molecule has 7 rings (SSSR count). The fourth-order valence-corrected chi connectivity index (χ4v) is 7.80. The molecule has 1 amide bonds. The molecular formula is C25H29ClFNO4. The fourth-order valence-electron chi connectivity index (χ4n) is 7.19. The average molecular weight is 462 g/mol. The summed E-state index contributed by atoms with van der Waals surface area (Å²) in [6, 6.07) is 2.15. The summed E-state index contributed by atoms with van der Waals surface area (Å²) >= 11 is 6.87. The Morgan fingerprint density at radius 3 is 2.47 bits per heavy atom. The molecule has 5 nitrogen and oxygen atoms in total. The number of amides is 1. The van der Waals surface area contributed by atoms with Gasteiger partial charge in [0.2, 0.25) is 0 Å². The molecule has 0 radical (unpaired) electrons. The number of carboxylic acid groups (broad SMARTS) is 1. The first kappa shape index (κ1) is 20.8. The third-order valence-electron chi connectivity index (χ3n) is 8.52. The van der Waals surface area contributed by atoms with Crippen LogP contribution in [0.25, 0.3) is 0 Å². The molecule has 32 heavy (non-hydrogen) atoms. The highest BCUT2D eigenvalue weighted by Crippen LogP contribution is 2.59. The van der Waals surface area contributed by atoms with E-state index in [0.717, 1.165) is 50.5 Å². The Morgan fingerprint density at radius 1 is 1.12 bits per heavy atom. The minimum Gasteiger partial charge on any atom is -0.489 e. The first-order valence-corrected chi connectivity index (χ1v) is 12.4. The lowest BCUT2D eigenvalue weighted by molar-refractivity contribution is -0.141. The zero-order valence-electron chi connectivity index (χ0n) is 18.1. The van der Waals surface area contributed by atoms with Crippen molar-refractivity contribution in [3.05, 3.63) is 29.1 Å². The highest BCUT2D eigenvalue weighted by Gasteiger charge is 2.56. The second-order valence-corrected chi connectivity index (χ2v) is 11.6. The molecule has 0 spiro atoms. The van der Waals surface area contributed by atoms with Crippen molar-refractivity contribution in [2.45, 2.75) is 80.7 Å². The largest absolute Gasteiger partial charge is 0.489 e. The normalized spacial score (nSPS) is 37.7. The number of halogens is 2. The molecule has 7 heteroatoms. The Kier molecular flexibility index (Phi) is 4.76. The highest BCUT2D eigenvalue weighted by molar-refractivity contribution is 6.24. The van der Waals surface area contributed by atoms with Gasteiger partial charge in [0, 0.05) is 17.5 Å². The Labute approximate surface area is 192 Å². The number of nitrogens with zero attached hydrogens (tertiary/aromatic N) is 1. The van der Waals surface area contributed by atoms with E-state index in [4.69, 9.17) is 16.3 Å². The maximum absolute atomic E-state index is 15.2. The van der Waals surface area contributed by atoms with Gasteiger partial charge in [-0.15, -0.1) is 11.6 Å². The van der Waals surface area contributed by atoms with Gasteiger partial charge in [-0.3, -0.25) is 4.79 Å². The molecule has 1 aromatic rings. The zero-order valence-corrected chi connectivity index (χ0v) is 18.8. The van der Waals surface area contributed by atoms with Gasteiger partial charge >= 0.3 is 5.97 Å². The molecule has 5 saturated carbocycles. The van der Waals surface area contributed by atoms with Crippen molar-refractivity contribution in [3.63, 3.8) is 0 Å². The van der Waals surface area contributed by atoms with Crippen LogP contribution in [0.15, 0.2) is 12.1 Å². The van der Waals surface area contributed by atoms with Crippen molar-refractivity contribution in [1.29, 1.82) is 0 Å². The monoisotopic (exact) mass is 461 g/mol. The molecule has 3 atom stereocenters. The molecule has 172 valence electrons. The smallest absolute Gasteiger partial charge is 0.326 e. The van der Waals surface area contributed by atoms with Gasteiger partial charge in [-0.2, -0.15) is 0 Å². The molecule has 5 aliphatic carbocycles. The van der Waals surface area contributed by atoms with Crippen molar-refractivity contribution in [2.75, 3.05) is 6.54 Å². The van der Waals surface area contributed by atoms with E-state index in [-0.39, 0.29) is 22.5 Å². The van der Waals surface area contributed by atoms with E-state index in [2.05, 4.69) is 0 Å². The van der Waals surface area contributed by atoms with Crippen LogP contribution in [0.2, 0.25) is 0 Å². The minimum atomic E-state index is -1.03. The lowest BCUT2D eigenvalue weighted by Crippen LogP contribution is -2.56. The maximum Gasteiger partial charge on any atom is 0.326 e. The number of ether oxygens (including phenoxy) is 1. The third-order valence-corrected chi connectivity index (χ3v) is 8.98. The number of benzene rings is 1. The summed E-state index contributed by atoms with van der Waals surface area (Å²) in [6.45, 7) is 0.346. The third kappa shape index (κ3) is 3.41. The van der Waals surface area contributed by atoms with E-state index < -0.39 is 23.7 Å². The summed E-state index contributed by atoms with van der Waals surface area (Å²) < 4.78 is 21.8. The van der Waals surface area contributed by atoms with E-state index in [9.17, 15) is 14.7 Å². The van der Waals surface area contributed by atoms with Crippen LogP contribution < -0.4 is 4.74 Å². The summed E-state index contributed by atoms with van der Waals surface area (Å²) in [5, 5.41) is 9.43. The molecule has 1 aromatic carbocycles. The second kappa shape index (κ2) is 7.34. The molecule has 6 aliphatic rings. The first-order valence-electron chi connectivity index (χ1n) is 12.0. The number of likely N-dealkylation sites (tertiary alicyclic amines) is 1. The first-order chi connectivity index (χ1) is 15.3. The summed E-state index contributed by atoms with van der Waals surface area (Å²) in [5.74, 6) is 0.181. The van der Waals surface area contributed by atoms with E-state index in [1.807, 2.05) is 0 Å². The van der Waals surface area contributed by atoms with Crippen LogP contribution in [0.3, 0.4) is 0 Å². The van der Waals surface area contributed by atoms with Crippen molar-refractivity contribution in [1.82, 2.24) is 4.90 Å². The number of carboxylic acids is 1. The quantitative estimate of drug-likeness (QED) is 0.629. The van der Waals surface area contributed by atoms with Crippen LogP contribution >= 0.6 is 11.6 Å². The van der Waals surface area contributed by atoms with Gasteiger partial charge in [0.1, 0.15) is 23.7 Å². The Balaban J connectivity index is 1.29. The van der Waals surface area contributed by atoms with Crippen LogP contribution in [0.5, 0.6) is 5.75 Å². The number of carbonyl (C=O) groups excluding carboxylic acids is 1. The number of hydrogen-bond acceptors (Lipinski definition) is 3. The Bertz CT molecular complexity index is 963.